The minimum atomic E-state index is -3.98. The molecular formula is C34H39N3O6S. The molecule has 10 heteroatoms. The predicted molar refractivity (Wildman–Crippen MR) is 166 cm³/mol. The Labute approximate surface area is 259 Å². The molecule has 0 unspecified atom stereocenters. The van der Waals surface area contributed by atoms with Gasteiger partial charge in [-0.15, -0.1) is 0 Å². The number of nitrogens with zero attached hydrogens (tertiary/aromatic N) is 2. The van der Waals surface area contributed by atoms with Crippen molar-refractivity contribution in [3.63, 3.8) is 0 Å². The molecule has 1 atom stereocenters. The third kappa shape index (κ3) is 7.13. The second kappa shape index (κ2) is 14.1. The molecule has 5 rings (SSSR count). The Morgan fingerprint density at radius 1 is 0.955 bits per heavy atom. The maximum atomic E-state index is 14.0. The van der Waals surface area contributed by atoms with E-state index in [9.17, 15) is 22.8 Å². The first-order valence-corrected chi connectivity index (χ1v) is 16.6. The SMILES string of the molecule is COc1cccc(CN(C(=O)CCCN2C(=O)c3ccccc3S2(=O)=O)[C@@H](Cc2ccccc2)C(=O)NC2CCCCC2)c1. The molecule has 1 fully saturated rings. The summed E-state index contributed by atoms with van der Waals surface area (Å²) in [6.45, 7) is 0.0320. The van der Waals surface area contributed by atoms with Crippen LogP contribution in [-0.4, -0.2) is 61.1 Å². The van der Waals surface area contributed by atoms with Gasteiger partial charge in [-0.25, -0.2) is 12.7 Å². The zero-order valence-corrected chi connectivity index (χ0v) is 25.8. The number of amides is 3. The normalized spacial score (nSPS) is 16.7. The fourth-order valence-electron chi connectivity index (χ4n) is 6.04. The average Bonchev–Trinajstić information content (AvgIpc) is 3.24. The monoisotopic (exact) mass is 617 g/mol. The lowest BCUT2D eigenvalue weighted by Gasteiger charge is -2.33. The number of methoxy groups -OCH3 is 1. The Morgan fingerprint density at radius 3 is 2.39 bits per heavy atom. The van der Waals surface area contributed by atoms with Crippen LogP contribution in [0, 0.1) is 0 Å². The molecule has 232 valence electrons. The van der Waals surface area contributed by atoms with Crippen molar-refractivity contribution in [3.05, 3.63) is 95.6 Å². The lowest BCUT2D eigenvalue weighted by Crippen LogP contribution is -2.52. The molecule has 9 nitrogen and oxygen atoms in total. The van der Waals surface area contributed by atoms with Crippen LogP contribution in [0.2, 0.25) is 0 Å². The van der Waals surface area contributed by atoms with Crippen LogP contribution in [0.15, 0.2) is 83.8 Å². The minimum Gasteiger partial charge on any atom is -0.497 e. The average molecular weight is 618 g/mol. The van der Waals surface area contributed by atoms with Gasteiger partial charge in [-0.3, -0.25) is 14.4 Å². The van der Waals surface area contributed by atoms with Crippen molar-refractivity contribution in [2.75, 3.05) is 13.7 Å². The third-order valence-corrected chi connectivity index (χ3v) is 10.2. The summed E-state index contributed by atoms with van der Waals surface area (Å²) >= 11 is 0. The van der Waals surface area contributed by atoms with Gasteiger partial charge in [0.1, 0.15) is 16.7 Å². The number of rotatable bonds is 12. The number of hydrogen-bond donors (Lipinski definition) is 1. The minimum absolute atomic E-state index is 0.0155. The van der Waals surface area contributed by atoms with Gasteiger partial charge in [0.25, 0.3) is 15.9 Å². The summed E-state index contributed by atoms with van der Waals surface area (Å²) in [5.74, 6) is -0.451. The number of hydrogen-bond acceptors (Lipinski definition) is 6. The molecule has 3 amide bonds. The van der Waals surface area contributed by atoms with Crippen LogP contribution in [0.5, 0.6) is 5.75 Å². The molecule has 1 saturated carbocycles. The van der Waals surface area contributed by atoms with Crippen molar-refractivity contribution in [2.24, 2.45) is 0 Å². The number of benzene rings is 3. The lowest BCUT2D eigenvalue weighted by molar-refractivity contribution is -0.141. The van der Waals surface area contributed by atoms with Gasteiger partial charge in [-0.2, -0.15) is 0 Å². The highest BCUT2D eigenvalue weighted by atomic mass is 32.2. The van der Waals surface area contributed by atoms with Crippen LogP contribution < -0.4 is 10.1 Å². The Kier molecular flexibility index (Phi) is 9.99. The van der Waals surface area contributed by atoms with Crippen molar-refractivity contribution in [1.29, 1.82) is 0 Å². The van der Waals surface area contributed by atoms with Crippen molar-refractivity contribution in [1.82, 2.24) is 14.5 Å². The first kappa shape index (κ1) is 31.3. The van der Waals surface area contributed by atoms with Crippen molar-refractivity contribution < 1.29 is 27.5 Å². The Hall–Kier alpha value is -4.18. The fourth-order valence-corrected chi connectivity index (χ4v) is 7.64. The summed E-state index contributed by atoms with van der Waals surface area (Å²) in [7, 11) is -2.40. The molecule has 0 saturated heterocycles. The highest BCUT2D eigenvalue weighted by Crippen LogP contribution is 2.30. The highest BCUT2D eigenvalue weighted by molar-refractivity contribution is 7.90. The molecule has 1 N–H and O–H groups in total. The van der Waals surface area contributed by atoms with E-state index in [-0.39, 0.29) is 54.2 Å². The standard InChI is InChI=1S/C34H39N3O6S/c1-43-28-17-10-14-26(22-28)24-36(30(23-25-12-4-2-5-13-25)33(39)35-27-15-6-3-7-16-27)32(38)20-11-21-37-34(40)29-18-8-9-19-31(29)44(37,41)42/h2,4-5,8-10,12-14,17-19,22,27,30H,3,6-7,11,15-16,20-21,23-24H2,1H3,(H,35,39)/t30-/m0/s1. The number of nitrogens with one attached hydrogen (secondary N) is 1. The molecule has 44 heavy (non-hydrogen) atoms. The number of ether oxygens (including phenoxy) is 1. The van der Waals surface area contributed by atoms with Gasteiger partial charge in [0.05, 0.1) is 12.7 Å². The van der Waals surface area contributed by atoms with E-state index in [1.165, 1.54) is 12.1 Å². The summed E-state index contributed by atoms with van der Waals surface area (Å²) < 4.78 is 32.3. The summed E-state index contributed by atoms with van der Waals surface area (Å²) in [5, 5.41) is 3.22. The van der Waals surface area contributed by atoms with Gasteiger partial charge in [0.2, 0.25) is 11.8 Å². The van der Waals surface area contributed by atoms with E-state index in [0.717, 1.165) is 47.5 Å². The number of carbonyl (C=O) groups excluding carboxylic acids is 3. The van der Waals surface area contributed by atoms with E-state index in [0.29, 0.717) is 12.2 Å². The molecule has 0 radical (unpaired) electrons. The van der Waals surface area contributed by atoms with Gasteiger partial charge in [-0.1, -0.05) is 73.9 Å². The predicted octanol–water partition coefficient (Wildman–Crippen LogP) is 4.71. The lowest BCUT2D eigenvalue weighted by atomic mass is 9.94. The van der Waals surface area contributed by atoms with Gasteiger partial charge >= 0.3 is 0 Å². The summed E-state index contributed by atoms with van der Waals surface area (Å²) in [6.07, 6.45) is 5.49. The van der Waals surface area contributed by atoms with Crippen LogP contribution in [0.1, 0.15) is 66.4 Å². The quantitative estimate of drug-likeness (QED) is 0.315. The molecule has 3 aromatic rings. The molecule has 0 spiro atoms. The molecule has 0 aromatic heterocycles. The van der Waals surface area contributed by atoms with Crippen LogP contribution in [-0.2, 0) is 32.6 Å². The van der Waals surface area contributed by atoms with E-state index < -0.39 is 22.0 Å². The molecule has 2 aliphatic rings. The summed E-state index contributed by atoms with van der Waals surface area (Å²) in [5.41, 5.74) is 1.86. The third-order valence-electron chi connectivity index (χ3n) is 8.37. The van der Waals surface area contributed by atoms with Crippen LogP contribution >= 0.6 is 0 Å². The maximum absolute atomic E-state index is 14.0. The Balaban J connectivity index is 1.38. The van der Waals surface area contributed by atoms with Crippen molar-refractivity contribution >= 4 is 27.7 Å². The smallest absolute Gasteiger partial charge is 0.269 e. The van der Waals surface area contributed by atoms with E-state index >= 15 is 0 Å². The van der Waals surface area contributed by atoms with Gasteiger partial charge in [0, 0.05) is 32.0 Å². The molecular weight excluding hydrogens is 578 g/mol. The summed E-state index contributed by atoms with van der Waals surface area (Å²) in [4.78, 5) is 42.5. The van der Waals surface area contributed by atoms with E-state index in [2.05, 4.69) is 5.32 Å². The van der Waals surface area contributed by atoms with E-state index in [1.54, 1.807) is 24.1 Å². The number of sulfonamides is 1. The number of carbonyl (C=O) groups is 3. The second-order valence-corrected chi connectivity index (χ2v) is 13.2. The van der Waals surface area contributed by atoms with Crippen molar-refractivity contribution in [3.8, 4) is 5.75 Å². The maximum Gasteiger partial charge on any atom is 0.269 e. The van der Waals surface area contributed by atoms with Gasteiger partial charge in [0.15, 0.2) is 0 Å². The fraction of sp³-hybridized carbons (Fsp3) is 0.382. The van der Waals surface area contributed by atoms with Crippen molar-refractivity contribution in [2.45, 2.75) is 74.9 Å². The Bertz CT molecular complexity index is 1590. The van der Waals surface area contributed by atoms with Gasteiger partial charge < -0.3 is 15.0 Å². The largest absolute Gasteiger partial charge is 0.497 e. The molecule has 1 aliphatic carbocycles. The Morgan fingerprint density at radius 2 is 1.66 bits per heavy atom. The van der Waals surface area contributed by atoms with Crippen LogP contribution in [0.3, 0.4) is 0 Å². The van der Waals surface area contributed by atoms with E-state index in [4.69, 9.17) is 4.74 Å². The first-order valence-electron chi connectivity index (χ1n) is 15.2. The summed E-state index contributed by atoms with van der Waals surface area (Å²) in [6, 6.07) is 22.4. The van der Waals surface area contributed by atoms with Crippen LogP contribution in [0.25, 0.3) is 0 Å². The molecule has 3 aromatic carbocycles. The second-order valence-electron chi connectivity index (χ2n) is 11.4. The highest BCUT2D eigenvalue weighted by Gasteiger charge is 2.40. The number of fused-ring (bicyclic) bond motifs is 1. The first-order chi connectivity index (χ1) is 21.3. The van der Waals surface area contributed by atoms with E-state index in [1.807, 2.05) is 54.6 Å². The van der Waals surface area contributed by atoms with Crippen LogP contribution in [0.4, 0.5) is 0 Å². The zero-order chi connectivity index (χ0) is 31.1. The molecule has 1 heterocycles. The zero-order valence-electron chi connectivity index (χ0n) is 25.0. The topological polar surface area (TPSA) is 113 Å². The molecule has 1 aliphatic heterocycles. The van der Waals surface area contributed by atoms with Gasteiger partial charge in [-0.05, 0) is 54.7 Å². The molecule has 0 bridgehead atoms.